The van der Waals surface area contributed by atoms with Gasteiger partial charge in [0.25, 0.3) is 5.91 Å². The third kappa shape index (κ3) is 3.74. The molecule has 26 heavy (non-hydrogen) atoms. The highest BCUT2D eigenvalue weighted by molar-refractivity contribution is 7.89. The summed E-state index contributed by atoms with van der Waals surface area (Å²) in [7, 11) is -4.09. The van der Waals surface area contributed by atoms with Crippen LogP contribution >= 0.6 is 0 Å². The lowest BCUT2D eigenvalue weighted by Crippen LogP contribution is -2.47. The lowest BCUT2D eigenvalue weighted by molar-refractivity contribution is -0.130. The minimum atomic E-state index is -4.09. The number of H-pyrrole nitrogens is 1. The number of hydrogen-bond acceptors (Lipinski definition) is 4. The smallest absolute Gasteiger partial charge is 0.261 e. The zero-order valence-electron chi connectivity index (χ0n) is 13.4. The normalized spacial score (nSPS) is 12.8. The summed E-state index contributed by atoms with van der Waals surface area (Å²) in [6.45, 7) is 0. The van der Waals surface area contributed by atoms with Crippen LogP contribution in [0.25, 0.3) is 10.9 Å². The van der Waals surface area contributed by atoms with Gasteiger partial charge in [-0.2, -0.15) is 4.72 Å². The van der Waals surface area contributed by atoms with E-state index in [4.69, 9.17) is 5.21 Å². The molecule has 1 atom stereocenters. The van der Waals surface area contributed by atoms with Crippen LogP contribution in [0.5, 0.6) is 0 Å². The van der Waals surface area contributed by atoms with E-state index < -0.39 is 27.8 Å². The highest BCUT2D eigenvalue weighted by atomic mass is 32.2. The molecule has 0 aliphatic heterocycles. The number of aromatic amines is 1. The molecule has 0 spiro atoms. The van der Waals surface area contributed by atoms with E-state index in [1.54, 1.807) is 6.20 Å². The van der Waals surface area contributed by atoms with Gasteiger partial charge in [-0.05, 0) is 42.3 Å². The molecular formula is C17H16FN3O4S. The third-order valence-corrected chi connectivity index (χ3v) is 5.43. The number of carbonyl (C=O) groups excluding carboxylic acids is 1. The molecule has 3 aromatic rings. The van der Waals surface area contributed by atoms with Crippen LogP contribution in [0.15, 0.2) is 59.6 Å². The van der Waals surface area contributed by atoms with Crippen molar-refractivity contribution in [1.82, 2.24) is 15.2 Å². The van der Waals surface area contributed by atoms with Gasteiger partial charge < -0.3 is 4.98 Å². The minimum Gasteiger partial charge on any atom is -0.361 e. The van der Waals surface area contributed by atoms with Crippen LogP contribution in [0.4, 0.5) is 4.39 Å². The molecule has 9 heteroatoms. The van der Waals surface area contributed by atoms with Gasteiger partial charge in [-0.3, -0.25) is 10.0 Å². The second-order valence-electron chi connectivity index (χ2n) is 5.67. The van der Waals surface area contributed by atoms with E-state index >= 15 is 0 Å². The zero-order chi connectivity index (χ0) is 18.7. The van der Waals surface area contributed by atoms with E-state index in [0.29, 0.717) is 5.56 Å². The number of amides is 1. The first-order valence-electron chi connectivity index (χ1n) is 7.67. The first kappa shape index (κ1) is 18.1. The van der Waals surface area contributed by atoms with E-state index in [1.165, 1.54) is 5.48 Å². The lowest BCUT2D eigenvalue weighted by atomic mass is 10.1. The van der Waals surface area contributed by atoms with Crippen LogP contribution in [-0.4, -0.2) is 30.6 Å². The first-order valence-corrected chi connectivity index (χ1v) is 9.16. The molecule has 1 heterocycles. The molecule has 1 aromatic heterocycles. The molecule has 2 aromatic carbocycles. The number of aromatic nitrogens is 1. The molecule has 0 saturated carbocycles. The number of fused-ring (bicyclic) bond motifs is 1. The number of para-hydroxylation sites is 1. The maximum atomic E-state index is 13.0. The second kappa shape index (κ2) is 7.24. The lowest BCUT2D eigenvalue weighted by Gasteiger charge is -2.16. The van der Waals surface area contributed by atoms with Gasteiger partial charge in [0.1, 0.15) is 11.9 Å². The van der Waals surface area contributed by atoms with Crippen LogP contribution in [0, 0.1) is 5.82 Å². The third-order valence-electron chi connectivity index (χ3n) is 3.95. The van der Waals surface area contributed by atoms with E-state index in [-0.39, 0.29) is 11.3 Å². The van der Waals surface area contributed by atoms with Crippen molar-refractivity contribution in [1.29, 1.82) is 0 Å². The Morgan fingerprint density at radius 1 is 1.15 bits per heavy atom. The standard InChI is InChI=1S/C17H16FN3O4S/c18-12-5-7-13(8-6-12)26(24,25)21-16(17(22)20-23)9-11-10-19-15-4-2-1-3-14(11)15/h1-8,10,16,19,21,23H,9H2,(H,20,22). The van der Waals surface area contributed by atoms with Gasteiger partial charge in [0.2, 0.25) is 10.0 Å². The minimum absolute atomic E-state index is 0.0107. The molecule has 0 aliphatic rings. The maximum absolute atomic E-state index is 13.0. The van der Waals surface area contributed by atoms with Crippen LogP contribution in [0.2, 0.25) is 0 Å². The van der Waals surface area contributed by atoms with E-state index in [2.05, 4.69) is 9.71 Å². The Hall–Kier alpha value is -2.75. The zero-order valence-corrected chi connectivity index (χ0v) is 14.3. The SMILES string of the molecule is O=C(NO)C(Cc1c[nH]c2ccccc12)NS(=O)(=O)c1ccc(F)cc1. The van der Waals surface area contributed by atoms with Crippen molar-refractivity contribution in [3.05, 3.63) is 66.1 Å². The van der Waals surface area contributed by atoms with E-state index in [0.717, 1.165) is 35.2 Å². The molecule has 4 N–H and O–H groups in total. The summed E-state index contributed by atoms with van der Waals surface area (Å²) in [6, 6.07) is 10.3. The molecule has 0 bridgehead atoms. The van der Waals surface area contributed by atoms with Crippen molar-refractivity contribution >= 4 is 26.8 Å². The average molecular weight is 377 g/mol. The molecule has 7 nitrogen and oxygen atoms in total. The van der Waals surface area contributed by atoms with Gasteiger partial charge in [0.05, 0.1) is 4.90 Å². The predicted octanol–water partition coefficient (Wildman–Crippen LogP) is 1.70. The summed E-state index contributed by atoms with van der Waals surface area (Å²) in [5.74, 6) is -1.48. The summed E-state index contributed by atoms with van der Waals surface area (Å²) in [5, 5.41) is 9.80. The van der Waals surface area contributed by atoms with Gasteiger partial charge >= 0.3 is 0 Å². The van der Waals surface area contributed by atoms with Gasteiger partial charge in [0.15, 0.2) is 0 Å². The molecular weight excluding hydrogens is 361 g/mol. The van der Waals surface area contributed by atoms with Gasteiger partial charge in [-0.25, -0.2) is 18.3 Å². The molecule has 1 amide bonds. The monoisotopic (exact) mass is 377 g/mol. The van der Waals surface area contributed by atoms with Gasteiger partial charge in [-0.15, -0.1) is 0 Å². The summed E-state index contributed by atoms with van der Waals surface area (Å²) in [4.78, 5) is 14.8. The van der Waals surface area contributed by atoms with Crippen LogP contribution < -0.4 is 10.2 Å². The summed E-state index contributed by atoms with van der Waals surface area (Å²) in [6.07, 6.45) is 1.69. The largest absolute Gasteiger partial charge is 0.361 e. The molecule has 3 rings (SSSR count). The summed E-state index contributed by atoms with van der Waals surface area (Å²) in [5.41, 5.74) is 3.02. The topological polar surface area (TPSA) is 111 Å². The molecule has 0 fully saturated rings. The number of sulfonamides is 1. The number of benzene rings is 2. The fourth-order valence-electron chi connectivity index (χ4n) is 2.66. The fraction of sp³-hybridized carbons (Fsp3) is 0.118. The van der Waals surface area contributed by atoms with Gasteiger partial charge in [-0.1, -0.05) is 18.2 Å². The number of hydroxylamine groups is 1. The van der Waals surface area contributed by atoms with Crippen molar-refractivity contribution in [2.75, 3.05) is 0 Å². The number of halogens is 1. The number of carbonyl (C=O) groups is 1. The average Bonchev–Trinajstić information content (AvgIpc) is 3.04. The Balaban J connectivity index is 1.89. The van der Waals surface area contributed by atoms with Crippen LogP contribution in [0.3, 0.4) is 0 Å². The Morgan fingerprint density at radius 3 is 2.54 bits per heavy atom. The maximum Gasteiger partial charge on any atom is 0.261 e. The van der Waals surface area contributed by atoms with E-state index in [9.17, 15) is 17.6 Å². The van der Waals surface area contributed by atoms with Gasteiger partial charge in [0, 0.05) is 17.1 Å². The Labute approximate surface area is 148 Å². The van der Waals surface area contributed by atoms with Crippen molar-refractivity contribution < 1.29 is 22.8 Å². The van der Waals surface area contributed by atoms with E-state index in [1.807, 2.05) is 24.3 Å². The number of rotatable bonds is 6. The Bertz CT molecular complexity index is 1030. The predicted molar refractivity (Wildman–Crippen MR) is 92.4 cm³/mol. The molecule has 0 aliphatic carbocycles. The molecule has 0 saturated heterocycles. The van der Waals surface area contributed by atoms with Crippen molar-refractivity contribution in [2.24, 2.45) is 0 Å². The highest BCUT2D eigenvalue weighted by Gasteiger charge is 2.26. The fourth-order valence-corrected chi connectivity index (χ4v) is 3.85. The molecule has 136 valence electrons. The van der Waals surface area contributed by atoms with Crippen molar-refractivity contribution in [3.63, 3.8) is 0 Å². The van der Waals surface area contributed by atoms with Crippen LogP contribution in [-0.2, 0) is 21.2 Å². The molecule has 0 radical (unpaired) electrons. The van der Waals surface area contributed by atoms with Crippen LogP contribution in [0.1, 0.15) is 5.56 Å². The Morgan fingerprint density at radius 2 is 1.85 bits per heavy atom. The van der Waals surface area contributed by atoms with Crippen molar-refractivity contribution in [3.8, 4) is 0 Å². The summed E-state index contributed by atoms with van der Waals surface area (Å²) < 4.78 is 40.2. The number of hydrogen-bond donors (Lipinski definition) is 4. The quantitative estimate of drug-likeness (QED) is 0.387. The Kier molecular flexibility index (Phi) is 5.03. The first-order chi connectivity index (χ1) is 12.4. The van der Waals surface area contributed by atoms with Crippen molar-refractivity contribution in [2.45, 2.75) is 17.4 Å². The highest BCUT2D eigenvalue weighted by Crippen LogP contribution is 2.20. The number of nitrogens with one attached hydrogen (secondary N) is 3. The second-order valence-corrected chi connectivity index (χ2v) is 7.38. The summed E-state index contributed by atoms with van der Waals surface area (Å²) >= 11 is 0. The molecule has 1 unspecified atom stereocenters.